The van der Waals surface area contributed by atoms with E-state index in [1.54, 1.807) is 0 Å². The highest BCUT2D eigenvalue weighted by Crippen LogP contribution is 2.22. The molecule has 0 fully saturated rings. The number of hydrogen-bond donors (Lipinski definition) is 2. The Morgan fingerprint density at radius 3 is 2.40 bits per heavy atom. The molecule has 0 bridgehead atoms. The van der Waals surface area contributed by atoms with Crippen LogP contribution in [0.5, 0.6) is 0 Å². The molecule has 2 nitrogen and oxygen atoms in total. The van der Waals surface area contributed by atoms with Crippen LogP contribution in [0.4, 0.5) is 0 Å². The van der Waals surface area contributed by atoms with Crippen LogP contribution < -0.4 is 11.1 Å². The van der Waals surface area contributed by atoms with Crippen LogP contribution in [-0.2, 0) is 0 Å². The molecule has 0 saturated heterocycles. The van der Waals surface area contributed by atoms with Crippen LogP contribution in [0.1, 0.15) is 24.9 Å². The van der Waals surface area contributed by atoms with Crippen molar-refractivity contribution in [2.75, 3.05) is 13.6 Å². The zero-order valence-electron chi connectivity index (χ0n) is 9.33. The van der Waals surface area contributed by atoms with Crippen LogP contribution in [0.25, 0.3) is 0 Å². The summed E-state index contributed by atoms with van der Waals surface area (Å²) in [5.41, 5.74) is 6.89. The minimum atomic E-state index is 0.362. The van der Waals surface area contributed by atoms with Gasteiger partial charge in [0, 0.05) is 11.1 Å². The predicted molar refractivity (Wildman–Crippen MR) is 66.1 cm³/mol. The second kappa shape index (κ2) is 6.11. The molecule has 84 valence electrons. The fraction of sp³-hybridized carbons (Fsp3) is 0.500. The molecule has 0 saturated carbocycles. The van der Waals surface area contributed by atoms with Gasteiger partial charge >= 0.3 is 0 Å². The van der Waals surface area contributed by atoms with Crippen molar-refractivity contribution in [3.05, 3.63) is 34.9 Å². The lowest BCUT2D eigenvalue weighted by Crippen LogP contribution is -2.22. The number of nitrogens with two attached hydrogens (primary N) is 1. The van der Waals surface area contributed by atoms with Crippen molar-refractivity contribution in [2.24, 2.45) is 11.7 Å². The van der Waals surface area contributed by atoms with Gasteiger partial charge in [-0.1, -0.05) is 30.7 Å². The highest BCUT2D eigenvalue weighted by atomic mass is 35.5. The summed E-state index contributed by atoms with van der Waals surface area (Å²) in [6.45, 7) is 2.89. The van der Waals surface area contributed by atoms with Crippen LogP contribution in [0.2, 0.25) is 5.02 Å². The van der Waals surface area contributed by atoms with E-state index >= 15 is 0 Å². The molecule has 15 heavy (non-hydrogen) atoms. The second-order valence-corrected chi connectivity index (χ2v) is 4.41. The SMILES string of the molecule is CNC(CC(C)CN)c1ccc(Cl)cc1. The molecule has 0 aliphatic heterocycles. The Kier molecular flexibility index (Phi) is 5.09. The zero-order valence-corrected chi connectivity index (χ0v) is 10.1. The average Bonchev–Trinajstić information content (AvgIpc) is 2.27. The third-order valence-electron chi connectivity index (χ3n) is 2.66. The van der Waals surface area contributed by atoms with E-state index in [9.17, 15) is 0 Å². The van der Waals surface area contributed by atoms with E-state index in [1.807, 2.05) is 19.2 Å². The zero-order chi connectivity index (χ0) is 11.3. The van der Waals surface area contributed by atoms with Crippen LogP contribution in [0.15, 0.2) is 24.3 Å². The van der Waals surface area contributed by atoms with E-state index < -0.39 is 0 Å². The third-order valence-corrected chi connectivity index (χ3v) is 2.91. The van der Waals surface area contributed by atoms with Crippen LogP contribution >= 0.6 is 11.6 Å². The van der Waals surface area contributed by atoms with Crippen LogP contribution in [0, 0.1) is 5.92 Å². The summed E-state index contributed by atoms with van der Waals surface area (Å²) in [4.78, 5) is 0. The number of rotatable bonds is 5. The van der Waals surface area contributed by atoms with E-state index in [1.165, 1.54) is 5.56 Å². The Labute approximate surface area is 96.8 Å². The van der Waals surface area contributed by atoms with Crippen molar-refractivity contribution in [3.8, 4) is 0 Å². The van der Waals surface area contributed by atoms with Crippen molar-refractivity contribution in [2.45, 2.75) is 19.4 Å². The summed E-state index contributed by atoms with van der Waals surface area (Å²) in [6, 6.07) is 8.34. The molecule has 1 aromatic rings. The smallest absolute Gasteiger partial charge is 0.0406 e. The Morgan fingerprint density at radius 1 is 1.33 bits per heavy atom. The number of halogens is 1. The molecule has 0 aliphatic rings. The van der Waals surface area contributed by atoms with Gasteiger partial charge < -0.3 is 11.1 Å². The van der Waals surface area contributed by atoms with E-state index in [2.05, 4.69) is 24.4 Å². The summed E-state index contributed by atoms with van der Waals surface area (Å²) in [5.74, 6) is 0.526. The molecule has 0 heterocycles. The van der Waals surface area contributed by atoms with Crippen molar-refractivity contribution in [1.29, 1.82) is 0 Å². The summed E-state index contributed by atoms with van der Waals surface area (Å²) >= 11 is 5.85. The number of benzene rings is 1. The predicted octanol–water partition coefficient (Wildman–Crippen LogP) is 2.59. The first-order valence-corrected chi connectivity index (χ1v) is 5.68. The second-order valence-electron chi connectivity index (χ2n) is 3.97. The van der Waals surface area contributed by atoms with Gasteiger partial charge in [0.2, 0.25) is 0 Å². The van der Waals surface area contributed by atoms with Crippen molar-refractivity contribution in [3.63, 3.8) is 0 Å². The minimum Gasteiger partial charge on any atom is -0.330 e. The van der Waals surface area contributed by atoms with E-state index in [0.717, 1.165) is 18.0 Å². The molecule has 0 radical (unpaired) electrons. The Morgan fingerprint density at radius 2 is 1.93 bits per heavy atom. The van der Waals surface area contributed by atoms with Gasteiger partial charge in [-0.3, -0.25) is 0 Å². The number of nitrogens with one attached hydrogen (secondary N) is 1. The first kappa shape index (κ1) is 12.5. The largest absolute Gasteiger partial charge is 0.330 e. The third kappa shape index (κ3) is 3.82. The maximum absolute atomic E-state index is 5.85. The first-order valence-electron chi connectivity index (χ1n) is 5.30. The fourth-order valence-corrected chi connectivity index (χ4v) is 1.74. The highest BCUT2D eigenvalue weighted by Gasteiger charge is 2.12. The van der Waals surface area contributed by atoms with Crippen molar-refractivity contribution in [1.82, 2.24) is 5.32 Å². The molecular formula is C12H19ClN2. The van der Waals surface area contributed by atoms with Gasteiger partial charge in [0.1, 0.15) is 0 Å². The normalized spacial score (nSPS) is 14.9. The molecular weight excluding hydrogens is 208 g/mol. The summed E-state index contributed by atoms with van der Waals surface area (Å²) in [5, 5.41) is 4.08. The number of hydrogen-bond acceptors (Lipinski definition) is 2. The average molecular weight is 227 g/mol. The fourth-order valence-electron chi connectivity index (χ4n) is 1.61. The molecule has 1 rings (SSSR count). The van der Waals surface area contributed by atoms with Crippen molar-refractivity contribution >= 4 is 11.6 Å². The van der Waals surface area contributed by atoms with Gasteiger partial charge in [-0.05, 0) is 43.6 Å². The quantitative estimate of drug-likeness (QED) is 0.810. The van der Waals surface area contributed by atoms with Gasteiger partial charge in [-0.15, -0.1) is 0 Å². The summed E-state index contributed by atoms with van der Waals surface area (Å²) in [6.07, 6.45) is 1.05. The lowest BCUT2D eigenvalue weighted by atomic mass is 9.96. The monoisotopic (exact) mass is 226 g/mol. The molecule has 0 amide bonds. The minimum absolute atomic E-state index is 0.362. The Bertz CT molecular complexity index is 284. The van der Waals surface area contributed by atoms with Gasteiger partial charge in [0.25, 0.3) is 0 Å². The standard InChI is InChI=1S/C12H19ClN2/c1-9(8-14)7-12(15-2)10-3-5-11(13)6-4-10/h3-6,9,12,15H,7-8,14H2,1-2H3. The molecule has 0 aliphatic carbocycles. The van der Waals surface area contributed by atoms with Crippen molar-refractivity contribution < 1.29 is 0 Å². The summed E-state index contributed by atoms with van der Waals surface area (Å²) < 4.78 is 0. The Balaban J connectivity index is 2.69. The molecule has 1 aromatic carbocycles. The van der Waals surface area contributed by atoms with E-state index in [0.29, 0.717) is 12.0 Å². The maximum Gasteiger partial charge on any atom is 0.0406 e. The molecule has 2 unspecified atom stereocenters. The molecule has 2 atom stereocenters. The molecule has 0 spiro atoms. The first-order chi connectivity index (χ1) is 7.17. The molecule has 3 N–H and O–H groups in total. The van der Waals surface area contributed by atoms with E-state index in [4.69, 9.17) is 17.3 Å². The van der Waals surface area contributed by atoms with Gasteiger partial charge in [0.15, 0.2) is 0 Å². The topological polar surface area (TPSA) is 38.0 Å². The maximum atomic E-state index is 5.85. The van der Waals surface area contributed by atoms with Gasteiger partial charge in [-0.2, -0.15) is 0 Å². The lowest BCUT2D eigenvalue weighted by molar-refractivity contribution is 0.438. The van der Waals surface area contributed by atoms with Crippen LogP contribution in [-0.4, -0.2) is 13.6 Å². The van der Waals surface area contributed by atoms with Gasteiger partial charge in [0.05, 0.1) is 0 Å². The lowest BCUT2D eigenvalue weighted by Gasteiger charge is -2.20. The van der Waals surface area contributed by atoms with Gasteiger partial charge in [-0.25, -0.2) is 0 Å². The molecule has 0 aromatic heterocycles. The Hall–Kier alpha value is -0.570. The molecule has 3 heteroatoms. The van der Waals surface area contributed by atoms with E-state index in [-0.39, 0.29) is 0 Å². The summed E-state index contributed by atoms with van der Waals surface area (Å²) in [7, 11) is 1.97. The highest BCUT2D eigenvalue weighted by molar-refractivity contribution is 6.30. The van der Waals surface area contributed by atoms with Crippen LogP contribution in [0.3, 0.4) is 0 Å².